The van der Waals surface area contributed by atoms with Crippen LogP contribution in [-0.4, -0.2) is 20.2 Å². The molecule has 2 aromatic heterocycles. The molecule has 0 radical (unpaired) electrons. The molecule has 2 heterocycles. The molecule has 0 saturated carbocycles. The monoisotopic (exact) mass is 375 g/mol. The van der Waals surface area contributed by atoms with Gasteiger partial charge in [-0.3, -0.25) is 5.10 Å². The number of hydrogen-bond donors (Lipinski definition) is 2. The number of H-pyrrole nitrogens is 1. The first-order valence-corrected chi connectivity index (χ1v) is 7.51. The number of rotatable bonds is 3. The van der Waals surface area contributed by atoms with Crippen molar-refractivity contribution >= 4 is 16.9 Å². The van der Waals surface area contributed by atoms with Crippen molar-refractivity contribution in [3.05, 3.63) is 59.9 Å². The molecule has 4 aromatic rings. The maximum Gasteiger partial charge on any atom is 0.201 e. The molecule has 0 aliphatic rings. The summed E-state index contributed by atoms with van der Waals surface area (Å²) >= 11 is 0. The number of ether oxygens (including phenoxy) is 1. The van der Waals surface area contributed by atoms with E-state index in [9.17, 15) is 17.6 Å². The Labute approximate surface area is 148 Å². The number of aromatic amines is 1. The third-order valence-corrected chi connectivity index (χ3v) is 3.78. The second-order valence-corrected chi connectivity index (χ2v) is 5.50. The highest BCUT2D eigenvalue weighted by molar-refractivity contribution is 5.97. The Hall–Kier alpha value is -3.69. The number of nitrogens with two attached hydrogens (primary N) is 1. The first kappa shape index (κ1) is 16.8. The van der Waals surface area contributed by atoms with Crippen LogP contribution in [0.25, 0.3) is 22.3 Å². The summed E-state index contributed by atoms with van der Waals surface area (Å²) in [6, 6.07) is 4.58. The molecular formula is C17H9F4N5O. The molecule has 0 aliphatic carbocycles. The van der Waals surface area contributed by atoms with Crippen LogP contribution in [0.2, 0.25) is 0 Å². The normalized spacial score (nSPS) is 11.1. The second-order valence-electron chi connectivity index (χ2n) is 5.50. The molecule has 27 heavy (non-hydrogen) atoms. The molecule has 0 saturated heterocycles. The number of nitrogens with one attached hydrogen (secondary N) is 1. The summed E-state index contributed by atoms with van der Waals surface area (Å²) in [7, 11) is 0. The molecule has 136 valence electrons. The topological polar surface area (TPSA) is 89.7 Å². The van der Waals surface area contributed by atoms with Crippen molar-refractivity contribution < 1.29 is 22.3 Å². The van der Waals surface area contributed by atoms with Gasteiger partial charge in [-0.1, -0.05) is 0 Å². The molecule has 3 N–H and O–H groups in total. The van der Waals surface area contributed by atoms with Crippen LogP contribution in [-0.2, 0) is 0 Å². The van der Waals surface area contributed by atoms with Crippen LogP contribution in [0.5, 0.6) is 11.5 Å². The first-order chi connectivity index (χ1) is 12.9. The van der Waals surface area contributed by atoms with Crippen LogP contribution in [0.1, 0.15) is 0 Å². The van der Waals surface area contributed by atoms with Gasteiger partial charge in [0.25, 0.3) is 0 Å². The maximum absolute atomic E-state index is 14.6. The fourth-order valence-corrected chi connectivity index (χ4v) is 2.57. The summed E-state index contributed by atoms with van der Waals surface area (Å²) in [6.45, 7) is 0. The number of fused-ring (bicyclic) bond motifs is 1. The van der Waals surface area contributed by atoms with Gasteiger partial charge in [-0.2, -0.15) is 9.49 Å². The number of halogens is 4. The lowest BCUT2D eigenvalue weighted by atomic mass is 10.1. The van der Waals surface area contributed by atoms with Crippen LogP contribution in [0.4, 0.5) is 23.4 Å². The van der Waals surface area contributed by atoms with Crippen molar-refractivity contribution in [1.82, 2.24) is 20.2 Å². The van der Waals surface area contributed by atoms with Crippen LogP contribution in [0, 0.1) is 23.3 Å². The predicted octanol–water partition coefficient (Wildman–Crippen LogP) is 3.95. The number of aromatic nitrogens is 4. The summed E-state index contributed by atoms with van der Waals surface area (Å²) in [5, 5.41) is 6.90. The van der Waals surface area contributed by atoms with Gasteiger partial charge in [0, 0.05) is 23.8 Å². The van der Waals surface area contributed by atoms with Crippen LogP contribution in [0.15, 0.2) is 36.7 Å². The number of hydrogen-bond acceptors (Lipinski definition) is 5. The largest absolute Gasteiger partial charge is 0.454 e. The summed E-state index contributed by atoms with van der Waals surface area (Å²) in [5.41, 5.74) is 6.38. The molecule has 0 bridgehead atoms. The van der Waals surface area contributed by atoms with E-state index < -0.39 is 29.0 Å². The van der Waals surface area contributed by atoms with E-state index in [2.05, 4.69) is 20.2 Å². The number of anilines is 1. The van der Waals surface area contributed by atoms with E-state index in [0.717, 1.165) is 6.07 Å². The van der Waals surface area contributed by atoms with Crippen molar-refractivity contribution in [3.63, 3.8) is 0 Å². The van der Waals surface area contributed by atoms with Gasteiger partial charge < -0.3 is 10.5 Å². The fourth-order valence-electron chi connectivity index (χ4n) is 2.57. The van der Waals surface area contributed by atoms with Crippen LogP contribution < -0.4 is 10.5 Å². The zero-order chi connectivity index (χ0) is 19.1. The van der Waals surface area contributed by atoms with E-state index in [1.807, 2.05) is 0 Å². The quantitative estimate of drug-likeness (QED) is 0.418. The lowest BCUT2D eigenvalue weighted by Crippen LogP contribution is -1.96. The summed E-state index contributed by atoms with van der Waals surface area (Å²) in [6.07, 6.45) is 1.22. The molecule has 0 spiro atoms. The summed E-state index contributed by atoms with van der Waals surface area (Å²) in [5.74, 6) is -5.34. The van der Waals surface area contributed by atoms with Gasteiger partial charge in [-0.15, -0.1) is 0 Å². The third kappa shape index (κ3) is 2.90. The lowest BCUT2D eigenvalue weighted by molar-refractivity contribution is 0.406. The minimum Gasteiger partial charge on any atom is -0.454 e. The fraction of sp³-hybridized carbons (Fsp3) is 0. The van der Waals surface area contributed by atoms with E-state index in [1.165, 1.54) is 18.5 Å². The van der Waals surface area contributed by atoms with Gasteiger partial charge in [-0.25, -0.2) is 23.1 Å². The first-order valence-electron chi connectivity index (χ1n) is 7.51. The van der Waals surface area contributed by atoms with E-state index in [-0.39, 0.29) is 28.5 Å². The van der Waals surface area contributed by atoms with Gasteiger partial charge in [0.1, 0.15) is 29.5 Å². The van der Waals surface area contributed by atoms with E-state index >= 15 is 0 Å². The average molecular weight is 375 g/mol. The van der Waals surface area contributed by atoms with E-state index in [4.69, 9.17) is 10.5 Å². The lowest BCUT2D eigenvalue weighted by Gasteiger charge is -2.09. The van der Waals surface area contributed by atoms with E-state index in [1.54, 1.807) is 0 Å². The molecule has 0 amide bonds. The van der Waals surface area contributed by atoms with Crippen molar-refractivity contribution in [2.24, 2.45) is 0 Å². The maximum atomic E-state index is 14.6. The Bertz CT molecular complexity index is 1180. The van der Waals surface area contributed by atoms with Gasteiger partial charge >= 0.3 is 0 Å². The SMILES string of the molecule is Nc1ncnc2n[nH]c(-c3ccc(Oc4cc(F)cc(F)c4F)cc3F)c12. The highest BCUT2D eigenvalue weighted by Gasteiger charge is 2.18. The zero-order valence-electron chi connectivity index (χ0n) is 13.3. The highest BCUT2D eigenvalue weighted by Crippen LogP contribution is 2.33. The Morgan fingerprint density at radius 3 is 2.56 bits per heavy atom. The second kappa shape index (κ2) is 6.24. The highest BCUT2D eigenvalue weighted by atomic mass is 19.2. The Kier molecular flexibility index (Phi) is 3.87. The average Bonchev–Trinajstić information content (AvgIpc) is 3.05. The molecule has 0 aliphatic heterocycles. The van der Waals surface area contributed by atoms with Crippen molar-refractivity contribution in [2.75, 3.05) is 5.73 Å². The standard InChI is InChI=1S/C17H9F4N5O/c18-7-3-11(20)14(21)12(4-7)27-8-1-2-9(10(19)5-8)15-13-16(22)23-6-24-17(13)26-25-15/h1-6H,(H3,22,23,24,25,26). The number of benzene rings is 2. The Balaban J connectivity index is 1.73. The molecule has 0 unspecified atom stereocenters. The van der Waals surface area contributed by atoms with Crippen LogP contribution in [0.3, 0.4) is 0 Å². The summed E-state index contributed by atoms with van der Waals surface area (Å²) in [4.78, 5) is 7.77. The van der Waals surface area contributed by atoms with Crippen molar-refractivity contribution in [1.29, 1.82) is 0 Å². The number of nitrogens with zero attached hydrogens (tertiary/aromatic N) is 3. The van der Waals surface area contributed by atoms with Crippen molar-refractivity contribution in [3.8, 4) is 22.8 Å². The molecule has 0 fully saturated rings. The van der Waals surface area contributed by atoms with Crippen LogP contribution >= 0.6 is 0 Å². The Morgan fingerprint density at radius 1 is 0.963 bits per heavy atom. The molecule has 4 rings (SSSR count). The molecule has 10 heteroatoms. The molecule has 0 atom stereocenters. The van der Waals surface area contributed by atoms with Gasteiger partial charge in [0.2, 0.25) is 5.82 Å². The predicted molar refractivity (Wildman–Crippen MR) is 87.9 cm³/mol. The molecule has 6 nitrogen and oxygen atoms in total. The van der Waals surface area contributed by atoms with Crippen molar-refractivity contribution in [2.45, 2.75) is 0 Å². The van der Waals surface area contributed by atoms with Gasteiger partial charge in [-0.05, 0) is 12.1 Å². The minimum atomic E-state index is -1.42. The van der Waals surface area contributed by atoms with E-state index in [0.29, 0.717) is 17.5 Å². The zero-order valence-corrected chi connectivity index (χ0v) is 13.3. The molecule has 2 aromatic carbocycles. The third-order valence-electron chi connectivity index (χ3n) is 3.78. The van der Waals surface area contributed by atoms with Gasteiger partial charge in [0.05, 0.1) is 11.1 Å². The number of nitrogen functional groups attached to an aromatic ring is 1. The summed E-state index contributed by atoms with van der Waals surface area (Å²) < 4.78 is 59.8. The van der Waals surface area contributed by atoms with Gasteiger partial charge in [0.15, 0.2) is 17.2 Å². The Morgan fingerprint density at radius 2 is 1.78 bits per heavy atom. The molecular weight excluding hydrogens is 366 g/mol. The smallest absolute Gasteiger partial charge is 0.201 e. The minimum absolute atomic E-state index is 0.0808.